The first-order valence-electron chi connectivity index (χ1n) is 11.8. The Balaban J connectivity index is 1.73. The van der Waals surface area contributed by atoms with Gasteiger partial charge in [0.2, 0.25) is 5.89 Å². The molecule has 10 nitrogen and oxygen atoms in total. The van der Waals surface area contributed by atoms with Crippen LogP contribution in [0.4, 0.5) is 0 Å². The highest BCUT2D eigenvalue weighted by Gasteiger charge is 2.26. The van der Waals surface area contributed by atoms with E-state index in [9.17, 15) is 14.7 Å². The maximum absolute atomic E-state index is 13.1. The highest BCUT2D eigenvalue weighted by Crippen LogP contribution is 2.43. The zero-order valence-electron chi connectivity index (χ0n) is 20.8. The van der Waals surface area contributed by atoms with Crippen LogP contribution >= 0.6 is 0 Å². The predicted molar refractivity (Wildman–Crippen MR) is 137 cm³/mol. The molecular formula is C27H28N4O6. The Morgan fingerprint density at radius 3 is 2.57 bits per heavy atom. The number of amides is 1. The number of rotatable bonds is 10. The van der Waals surface area contributed by atoms with E-state index in [1.54, 1.807) is 42.5 Å². The van der Waals surface area contributed by atoms with Crippen molar-refractivity contribution in [2.45, 2.75) is 32.7 Å². The molecule has 4 rings (SSSR count). The summed E-state index contributed by atoms with van der Waals surface area (Å²) in [6.45, 7) is 1.99. The summed E-state index contributed by atoms with van der Waals surface area (Å²) < 4.78 is 16.6. The number of aromatic hydroxyl groups is 1. The summed E-state index contributed by atoms with van der Waals surface area (Å²) in [5.74, 6) is 0.320. The zero-order valence-corrected chi connectivity index (χ0v) is 20.8. The number of carbonyl (C=O) groups excluding carboxylic acids is 1. The molecule has 192 valence electrons. The van der Waals surface area contributed by atoms with E-state index in [0.717, 1.165) is 12.8 Å². The SMILES string of the molecule is CCCCc1[nH]c(=O)c(-c2nnc(CNC(=O)c3ccccc3)o2)c(O)c1-c1cc(OC)ccc1OC. The first-order chi connectivity index (χ1) is 18.0. The monoisotopic (exact) mass is 504 g/mol. The van der Waals surface area contributed by atoms with Crippen LogP contribution in [0.1, 0.15) is 41.7 Å². The summed E-state index contributed by atoms with van der Waals surface area (Å²) in [4.78, 5) is 28.3. The lowest BCUT2D eigenvalue weighted by Crippen LogP contribution is -2.22. The molecule has 1 amide bonds. The lowest BCUT2D eigenvalue weighted by molar-refractivity contribution is 0.0947. The molecule has 0 aliphatic heterocycles. The van der Waals surface area contributed by atoms with Gasteiger partial charge in [0.25, 0.3) is 17.4 Å². The van der Waals surface area contributed by atoms with E-state index in [0.29, 0.717) is 40.3 Å². The average Bonchev–Trinajstić information content (AvgIpc) is 3.39. The van der Waals surface area contributed by atoms with Crippen LogP contribution < -0.4 is 20.3 Å². The fourth-order valence-corrected chi connectivity index (χ4v) is 3.95. The molecule has 4 aromatic rings. The van der Waals surface area contributed by atoms with E-state index >= 15 is 0 Å². The Labute approximate surface area is 213 Å². The molecule has 2 aromatic carbocycles. The van der Waals surface area contributed by atoms with Gasteiger partial charge in [0.15, 0.2) is 0 Å². The summed E-state index contributed by atoms with van der Waals surface area (Å²) in [6, 6.07) is 13.9. The number of benzene rings is 2. The molecule has 0 saturated heterocycles. The number of unbranched alkanes of at least 4 members (excludes halogenated alkanes) is 1. The van der Waals surface area contributed by atoms with E-state index in [-0.39, 0.29) is 35.5 Å². The molecule has 0 unspecified atom stereocenters. The lowest BCUT2D eigenvalue weighted by atomic mass is 9.96. The molecule has 0 spiro atoms. The van der Waals surface area contributed by atoms with Crippen molar-refractivity contribution in [3.05, 3.63) is 76.0 Å². The number of hydrogen-bond acceptors (Lipinski definition) is 8. The second-order valence-electron chi connectivity index (χ2n) is 8.25. The van der Waals surface area contributed by atoms with Crippen LogP contribution in [0.2, 0.25) is 0 Å². The maximum Gasteiger partial charge on any atom is 0.264 e. The average molecular weight is 505 g/mol. The summed E-state index contributed by atoms with van der Waals surface area (Å²) in [7, 11) is 3.06. The number of carbonyl (C=O) groups is 1. The molecule has 0 aliphatic carbocycles. The van der Waals surface area contributed by atoms with Crippen molar-refractivity contribution in [1.82, 2.24) is 20.5 Å². The Kier molecular flexibility index (Phi) is 7.87. The van der Waals surface area contributed by atoms with Crippen molar-refractivity contribution < 1.29 is 23.8 Å². The van der Waals surface area contributed by atoms with Gasteiger partial charge in [0, 0.05) is 22.4 Å². The third-order valence-electron chi connectivity index (χ3n) is 5.84. The highest BCUT2D eigenvalue weighted by molar-refractivity contribution is 5.94. The van der Waals surface area contributed by atoms with Crippen molar-refractivity contribution in [3.8, 4) is 39.8 Å². The van der Waals surface area contributed by atoms with Gasteiger partial charge in [-0.15, -0.1) is 10.2 Å². The molecule has 0 aliphatic rings. The minimum Gasteiger partial charge on any atom is -0.506 e. The van der Waals surface area contributed by atoms with Gasteiger partial charge in [-0.2, -0.15) is 0 Å². The third-order valence-corrected chi connectivity index (χ3v) is 5.84. The van der Waals surface area contributed by atoms with Gasteiger partial charge >= 0.3 is 0 Å². The number of nitrogens with one attached hydrogen (secondary N) is 2. The number of hydrogen-bond donors (Lipinski definition) is 3. The predicted octanol–water partition coefficient (Wildman–Crippen LogP) is 4.09. The van der Waals surface area contributed by atoms with E-state index < -0.39 is 5.56 Å². The van der Waals surface area contributed by atoms with Gasteiger partial charge in [-0.3, -0.25) is 9.59 Å². The molecule has 10 heteroatoms. The summed E-state index contributed by atoms with van der Waals surface area (Å²) in [5, 5.41) is 22.0. The molecular weight excluding hydrogens is 476 g/mol. The van der Waals surface area contributed by atoms with E-state index in [1.165, 1.54) is 14.2 Å². The van der Waals surface area contributed by atoms with Crippen LogP contribution in [-0.2, 0) is 13.0 Å². The molecule has 0 saturated carbocycles. The van der Waals surface area contributed by atoms with Crippen LogP contribution in [0.5, 0.6) is 17.2 Å². The number of pyridine rings is 1. The second kappa shape index (κ2) is 11.4. The van der Waals surface area contributed by atoms with Crippen LogP contribution in [0.15, 0.2) is 57.7 Å². The molecule has 2 aromatic heterocycles. The Hall–Kier alpha value is -4.60. The fourth-order valence-electron chi connectivity index (χ4n) is 3.95. The standard InChI is InChI=1S/C27H28N4O6/c1-4-5-11-19-22(18-14-17(35-2)12-13-20(18)36-3)24(32)23(26(34)29-19)27-31-30-21(37-27)15-28-25(33)16-9-7-6-8-10-16/h6-10,12-14H,4-5,11,15H2,1-3H3,(H,28,33)(H2,29,32,34). The Morgan fingerprint density at radius 1 is 1.08 bits per heavy atom. The van der Waals surface area contributed by atoms with Gasteiger partial charge in [-0.1, -0.05) is 31.5 Å². The smallest absolute Gasteiger partial charge is 0.264 e. The van der Waals surface area contributed by atoms with Gasteiger partial charge in [0.05, 0.1) is 20.8 Å². The van der Waals surface area contributed by atoms with E-state index in [1.807, 2.05) is 13.0 Å². The van der Waals surface area contributed by atoms with Crippen molar-refractivity contribution >= 4 is 5.91 Å². The maximum atomic E-state index is 13.1. The van der Waals surface area contributed by atoms with E-state index in [2.05, 4.69) is 20.5 Å². The number of aryl methyl sites for hydroxylation is 1. The van der Waals surface area contributed by atoms with Gasteiger partial charge in [0.1, 0.15) is 22.8 Å². The van der Waals surface area contributed by atoms with E-state index in [4.69, 9.17) is 13.9 Å². The topological polar surface area (TPSA) is 140 Å². The van der Waals surface area contributed by atoms with Gasteiger partial charge in [-0.05, 0) is 43.2 Å². The van der Waals surface area contributed by atoms with Gasteiger partial charge < -0.3 is 29.3 Å². The van der Waals surface area contributed by atoms with Crippen LogP contribution in [0.3, 0.4) is 0 Å². The first-order valence-corrected chi connectivity index (χ1v) is 11.8. The number of ether oxygens (including phenoxy) is 2. The van der Waals surface area contributed by atoms with Gasteiger partial charge in [-0.25, -0.2) is 0 Å². The summed E-state index contributed by atoms with van der Waals surface area (Å²) in [5.41, 5.74) is 1.21. The number of nitrogens with zero attached hydrogens (tertiary/aromatic N) is 2. The zero-order chi connectivity index (χ0) is 26.4. The largest absolute Gasteiger partial charge is 0.506 e. The normalized spacial score (nSPS) is 10.8. The first kappa shape index (κ1) is 25.5. The number of H-pyrrole nitrogens is 1. The molecule has 0 fully saturated rings. The summed E-state index contributed by atoms with van der Waals surface area (Å²) >= 11 is 0. The molecule has 0 bridgehead atoms. The summed E-state index contributed by atoms with van der Waals surface area (Å²) in [6.07, 6.45) is 2.21. The van der Waals surface area contributed by atoms with Crippen molar-refractivity contribution in [2.24, 2.45) is 0 Å². The lowest BCUT2D eigenvalue weighted by Gasteiger charge is -2.17. The Morgan fingerprint density at radius 2 is 1.86 bits per heavy atom. The Bertz CT molecular complexity index is 1450. The molecule has 0 atom stereocenters. The van der Waals surface area contributed by atoms with Crippen LogP contribution in [0, 0.1) is 0 Å². The third kappa shape index (κ3) is 5.48. The van der Waals surface area contributed by atoms with Crippen LogP contribution in [0.25, 0.3) is 22.6 Å². The fraction of sp³-hybridized carbons (Fsp3) is 0.259. The molecule has 0 radical (unpaired) electrons. The molecule has 37 heavy (non-hydrogen) atoms. The number of methoxy groups -OCH3 is 2. The van der Waals surface area contributed by atoms with Crippen molar-refractivity contribution in [3.63, 3.8) is 0 Å². The van der Waals surface area contributed by atoms with Crippen molar-refractivity contribution in [1.29, 1.82) is 0 Å². The van der Waals surface area contributed by atoms with Crippen LogP contribution in [-0.4, -0.2) is 40.4 Å². The highest BCUT2D eigenvalue weighted by atomic mass is 16.5. The van der Waals surface area contributed by atoms with Crippen molar-refractivity contribution in [2.75, 3.05) is 14.2 Å². The molecule has 3 N–H and O–H groups in total. The minimum atomic E-state index is -0.572. The second-order valence-corrected chi connectivity index (χ2v) is 8.25. The molecule has 2 heterocycles. The number of aromatic nitrogens is 3. The quantitative estimate of drug-likeness (QED) is 0.293. The minimum absolute atomic E-state index is 0.0510. The number of aromatic amines is 1.